The van der Waals surface area contributed by atoms with E-state index in [1.165, 1.54) is 35.5 Å². The monoisotopic (exact) mass is 592 g/mol. The number of benzene rings is 2. The van der Waals surface area contributed by atoms with E-state index in [1.807, 2.05) is 0 Å². The number of amides is 3. The molecule has 2 aromatic carbocycles. The highest BCUT2D eigenvalue weighted by Crippen LogP contribution is 2.35. The molecule has 0 spiro atoms. The summed E-state index contributed by atoms with van der Waals surface area (Å²) in [6, 6.07) is 13.0. The molecule has 13 heteroatoms. The van der Waals surface area contributed by atoms with Gasteiger partial charge in [0.25, 0.3) is 15.9 Å². The molecule has 12 nitrogen and oxygen atoms in total. The molecular formula is C29H28N4O8S. The molecule has 3 aromatic rings. The Morgan fingerprint density at radius 3 is 2.62 bits per heavy atom. The zero-order valence-corrected chi connectivity index (χ0v) is 23.3. The fourth-order valence-electron chi connectivity index (χ4n) is 5.30. The average molecular weight is 593 g/mol. The zero-order valence-electron chi connectivity index (χ0n) is 22.5. The second-order valence-electron chi connectivity index (χ2n) is 10.1. The van der Waals surface area contributed by atoms with Gasteiger partial charge in [0.15, 0.2) is 11.5 Å². The third-order valence-electron chi connectivity index (χ3n) is 7.41. The number of hydrogen-bond donors (Lipinski definition) is 1. The van der Waals surface area contributed by atoms with Crippen molar-refractivity contribution in [2.45, 2.75) is 36.4 Å². The molecule has 6 rings (SSSR count). The molecule has 2 atom stereocenters. The van der Waals surface area contributed by atoms with E-state index < -0.39 is 40.3 Å². The summed E-state index contributed by atoms with van der Waals surface area (Å²) in [6.45, 7) is 0.0403. The van der Waals surface area contributed by atoms with Crippen molar-refractivity contribution in [3.05, 3.63) is 83.7 Å². The van der Waals surface area contributed by atoms with Crippen molar-refractivity contribution < 1.29 is 37.0 Å². The molecule has 3 aliphatic rings. The molecule has 218 valence electrons. The lowest BCUT2D eigenvalue weighted by Gasteiger charge is -2.32. The quantitative estimate of drug-likeness (QED) is 0.395. The third-order valence-corrected chi connectivity index (χ3v) is 9.20. The minimum absolute atomic E-state index is 0.00684. The summed E-state index contributed by atoms with van der Waals surface area (Å²) in [5.41, 5.74) is 1.06. The number of hydrogen-bond acceptors (Lipinski definition) is 9. The van der Waals surface area contributed by atoms with Gasteiger partial charge in [-0.3, -0.25) is 19.4 Å². The van der Waals surface area contributed by atoms with Crippen LogP contribution in [0.1, 0.15) is 40.4 Å². The summed E-state index contributed by atoms with van der Waals surface area (Å²) in [5.74, 6) is -1.000. The van der Waals surface area contributed by atoms with E-state index in [2.05, 4.69) is 10.3 Å². The molecule has 3 aliphatic heterocycles. The molecule has 0 saturated carbocycles. The molecule has 0 bridgehead atoms. The lowest BCUT2D eigenvalue weighted by molar-refractivity contribution is -0.141. The van der Waals surface area contributed by atoms with Crippen LogP contribution in [-0.2, 0) is 30.9 Å². The Bertz CT molecular complexity index is 1630. The SMILES string of the molecule is O=C(NC[C@H]1CCCO1)[C@@H](c1ccncc1)N(Cc1ccc2c(c1)OCO2)C(=O)CN1C(=O)c2ccccc2S1(=O)=O. The van der Waals surface area contributed by atoms with Gasteiger partial charge in [-0.2, -0.15) is 0 Å². The van der Waals surface area contributed by atoms with Gasteiger partial charge in [-0.05, 0) is 60.4 Å². The van der Waals surface area contributed by atoms with Crippen LogP contribution in [0.25, 0.3) is 0 Å². The van der Waals surface area contributed by atoms with E-state index in [-0.39, 0.29) is 36.4 Å². The number of fused-ring (bicyclic) bond motifs is 2. The van der Waals surface area contributed by atoms with E-state index in [0.29, 0.717) is 33.5 Å². The number of sulfonamides is 1. The van der Waals surface area contributed by atoms with Crippen LogP contribution >= 0.6 is 0 Å². The van der Waals surface area contributed by atoms with Gasteiger partial charge in [-0.15, -0.1) is 0 Å². The first-order chi connectivity index (χ1) is 20.3. The molecule has 0 radical (unpaired) electrons. The Labute approximate surface area is 242 Å². The highest BCUT2D eigenvalue weighted by atomic mass is 32.2. The second kappa shape index (κ2) is 11.4. The second-order valence-corrected chi connectivity index (χ2v) is 11.9. The first-order valence-electron chi connectivity index (χ1n) is 13.5. The van der Waals surface area contributed by atoms with Crippen molar-refractivity contribution >= 4 is 27.7 Å². The number of ether oxygens (including phenoxy) is 3. The van der Waals surface area contributed by atoms with E-state index in [9.17, 15) is 22.8 Å². The summed E-state index contributed by atoms with van der Waals surface area (Å²) in [7, 11) is -4.26. The van der Waals surface area contributed by atoms with Gasteiger partial charge in [0.1, 0.15) is 17.5 Å². The van der Waals surface area contributed by atoms with Gasteiger partial charge in [0, 0.05) is 32.1 Å². The van der Waals surface area contributed by atoms with Crippen LogP contribution in [0.3, 0.4) is 0 Å². The van der Waals surface area contributed by atoms with Gasteiger partial charge in [0.2, 0.25) is 18.6 Å². The van der Waals surface area contributed by atoms with Gasteiger partial charge < -0.3 is 24.4 Å². The standard InChI is InChI=1S/C29H28N4O8S/c34-26(17-33-29(36)22-5-1-2-6-25(22)42(33,37)38)32(16-19-7-8-23-24(14-19)41-18-40-23)27(20-9-11-30-12-10-20)28(35)31-15-21-4-3-13-39-21/h1-2,5-12,14,21,27H,3-4,13,15-18H2,(H,31,35)/t21-,27-/m1/s1. The fraction of sp³-hybridized carbons (Fsp3) is 0.310. The van der Waals surface area contributed by atoms with Crippen LogP contribution in [0.5, 0.6) is 11.5 Å². The van der Waals surface area contributed by atoms with E-state index in [0.717, 1.165) is 12.8 Å². The average Bonchev–Trinajstić information content (AvgIpc) is 3.74. The summed E-state index contributed by atoms with van der Waals surface area (Å²) in [6.07, 6.45) is 4.56. The summed E-state index contributed by atoms with van der Waals surface area (Å²) < 4.78 is 43.6. The largest absolute Gasteiger partial charge is 0.454 e. The van der Waals surface area contributed by atoms with Crippen LogP contribution in [0.15, 0.2) is 71.9 Å². The molecule has 0 unspecified atom stereocenters. The predicted octanol–water partition coefficient (Wildman–Crippen LogP) is 2.02. The highest BCUT2D eigenvalue weighted by molar-refractivity contribution is 7.90. The minimum Gasteiger partial charge on any atom is -0.454 e. The number of carbonyl (C=O) groups is 3. The van der Waals surface area contributed by atoms with Crippen molar-refractivity contribution in [3.63, 3.8) is 0 Å². The maximum atomic E-state index is 14.1. The van der Waals surface area contributed by atoms with Crippen LogP contribution in [0, 0.1) is 0 Å². The van der Waals surface area contributed by atoms with E-state index in [1.54, 1.807) is 36.4 Å². The Balaban J connectivity index is 1.35. The van der Waals surface area contributed by atoms with Crippen molar-refractivity contribution in [1.29, 1.82) is 0 Å². The number of carbonyl (C=O) groups excluding carboxylic acids is 3. The highest BCUT2D eigenvalue weighted by Gasteiger charge is 2.43. The Morgan fingerprint density at radius 2 is 1.86 bits per heavy atom. The summed E-state index contributed by atoms with van der Waals surface area (Å²) in [5, 5.41) is 2.90. The third kappa shape index (κ3) is 5.28. The van der Waals surface area contributed by atoms with E-state index in [4.69, 9.17) is 14.2 Å². The van der Waals surface area contributed by atoms with Gasteiger partial charge in [0.05, 0.1) is 11.7 Å². The van der Waals surface area contributed by atoms with Crippen LogP contribution in [-0.4, -0.2) is 72.9 Å². The summed E-state index contributed by atoms with van der Waals surface area (Å²) in [4.78, 5) is 46.2. The van der Waals surface area contributed by atoms with Crippen LogP contribution in [0.2, 0.25) is 0 Å². The zero-order chi connectivity index (χ0) is 29.3. The Morgan fingerprint density at radius 1 is 1.07 bits per heavy atom. The molecule has 1 saturated heterocycles. The number of nitrogens with zero attached hydrogens (tertiary/aromatic N) is 3. The molecule has 1 N–H and O–H groups in total. The lowest BCUT2D eigenvalue weighted by atomic mass is 10.0. The number of nitrogens with one attached hydrogen (secondary N) is 1. The molecule has 42 heavy (non-hydrogen) atoms. The van der Waals surface area contributed by atoms with Crippen molar-refractivity contribution in [2.75, 3.05) is 26.5 Å². The summed E-state index contributed by atoms with van der Waals surface area (Å²) >= 11 is 0. The molecule has 3 amide bonds. The normalized spacial score (nSPS) is 18.9. The first-order valence-corrected chi connectivity index (χ1v) is 14.9. The predicted molar refractivity (Wildman–Crippen MR) is 147 cm³/mol. The number of rotatable bonds is 9. The van der Waals surface area contributed by atoms with Crippen molar-refractivity contribution in [3.8, 4) is 11.5 Å². The maximum Gasteiger partial charge on any atom is 0.269 e. The van der Waals surface area contributed by atoms with E-state index >= 15 is 0 Å². The number of pyridine rings is 1. The van der Waals surface area contributed by atoms with Gasteiger partial charge >= 0.3 is 0 Å². The molecular weight excluding hydrogens is 564 g/mol. The van der Waals surface area contributed by atoms with Gasteiger partial charge in [-0.1, -0.05) is 18.2 Å². The molecule has 1 fully saturated rings. The Hall–Kier alpha value is -4.49. The Kier molecular flexibility index (Phi) is 7.52. The van der Waals surface area contributed by atoms with Crippen LogP contribution in [0.4, 0.5) is 0 Å². The molecule has 1 aromatic heterocycles. The molecule has 0 aliphatic carbocycles. The number of aromatic nitrogens is 1. The maximum absolute atomic E-state index is 14.1. The lowest BCUT2D eigenvalue weighted by Crippen LogP contribution is -2.48. The van der Waals surface area contributed by atoms with Crippen molar-refractivity contribution in [1.82, 2.24) is 19.5 Å². The fourth-order valence-corrected chi connectivity index (χ4v) is 6.81. The first kappa shape index (κ1) is 27.7. The minimum atomic E-state index is -4.26. The topological polar surface area (TPSA) is 144 Å². The smallest absolute Gasteiger partial charge is 0.269 e. The van der Waals surface area contributed by atoms with Crippen LogP contribution < -0.4 is 14.8 Å². The van der Waals surface area contributed by atoms with Gasteiger partial charge in [-0.25, -0.2) is 12.7 Å². The molecule has 4 heterocycles. The van der Waals surface area contributed by atoms with Crippen molar-refractivity contribution in [2.24, 2.45) is 0 Å².